The molecule has 0 spiro atoms. The van der Waals surface area contributed by atoms with Gasteiger partial charge in [0.25, 0.3) is 5.91 Å². The fourth-order valence-electron chi connectivity index (χ4n) is 0.664. The maximum absolute atomic E-state index is 11.3. The molecule has 82 valence electrons. The van der Waals surface area contributed by atoms with Gasteiger partial charge < -0.3 is 10.5 Å². The number of ether oxygens (including phenoxy) is 1. The number of carbonyl (C=O) groups excluding carboxylic acids is 2. The summed E-state index contributed by atoms with van der Waals surface area (Å²) in [6.45, 7) is 4.75. The molecule has 0 radical (unpaired) electrons. The molecule has 0 aliphatic carbocycles. The number of nitrogens with two attached hydrogens (primary N) is 1. The molecule has 14 heavy (non-hydrogen) atoms. The molecule has 0 aliphatic rings. The minimum Gasteiger partial charge on any atom is -0.442 e. The van der Waals surface area contributed by atoms with Gasteiger partial charge in [-0.2, -0.15) is 0 Å². The lowest BCUT2D eigenvalue weighted by molar-refractivity contribution is -0.167. The maximum Gasteiger partial charge on any atom is 0.442 e. The second-order valence-electron chi connectivity index (χ2n) is 3.56. The average Bonchev–Trinajstić information content (AvgIpc) is 2.01. The van der Waals surface area contributed by atoms with Crippen molar-refractivity contribution < 1.29 is 19.2 Å². The third-order valence-corrected chi connectivity index (χ3v) is 1.14. The number of amides is 2. The Bertz CT molecular complexity index is 222. The van der Waals surface area contributed by atoms with Gasteiger partial charge in [0.05, 0.1) is 13.7 Å². The van der Waals surface area contributed by atoms with Crippen LogP contribution in [0.2, 0.25) is 0 Å². The lowest BCUT2D eigenvalue weighted by atomic mass is 10.2. The third kappa shape index (κ3) is 4.20. The molecule has 6 heteroatoms. The monoisotopic (exact) mass is 204 g/mol. The van der Waals surface area contributed by atoms with Gasteiger partial charge in [-0.25, -0.2) is 4.79 Å². The van der Waals surface area contributed by atoms with Crippen molar-refractivity contribution in [2.75, 3.05) is 13.7 Å². The average molecular weight is 204 g/mol. The molecule has 2 N–H and O–H groups in total. The van der Waals surface area contributed by atoms with Gasteiger partial charge in [-0.05, 0) is 20.8 Å². The number of hydroxylamine groups is 2. The zero-order valence-electron chi connectivity index (χ0n) is 8.86. The summed E-state index contributed by atoms with van der Waals surface area (Å²) in [5.74, 6) is -0.651. The molecule has 0 fully saturated rings. The van der Waals surface area contributed by atoms with Crippen molar-refractivity contribution in [1.29, 1.82) is 0 Å². The first-order valence-electron chi connectivity index (χ1n) is 4.12. The minimum absolute atomic E-state index is 0.312. The summed E-state index contributed by atoms with van der Waals surface area (Å²) in [7, 11) is 1.19. The Morgan fingerprint density at radius 2 is 1.86 bits per heavy atom. The van der Waals surface area contributed by atoms with E-state index in [1.54, 1.807) is 20.8 Å². The third-order valence-electron chi connectivity index (χ3n) is 1.14. The van der Waals surface area contributed by atoms with E-state index in [0.717, 1.165) is 0 Å². The van der Waals surface area contributed by atoms with Gasteiger partial charge in [-0.3, -0.25) is 9.63 Å². The number of carbonyl (C=O) groups is 2. The lowest BCUT2D eigenvalue weighted by Crippen LogP contribution is -2.42. The molecule has 0 saturated carbocycles. The number of hydrogen-bond donors (Lipinski definition) is 1. The Labute approximate surface area is 82.9 Å². The fourth-order valence-corrected chi connectivity index (χ4v) is 0.664. The Morgan fingerprint density at radius 3 is 2.14 bits per heavy atom. The van der Waals surface area contributed by atoms with Gasteiger partial charge in [0.15, 0.2) is 0 Å². The molecule has 0 saturated heterocycles. The van der Waals surface area contributed by atoms with Crippen molar-refractivity contribution in [2.24, 2.45) is 5.73 Å². The van der Waals surface area contributed by atoms with Crippen molar-refractivity contribution in [2.45, 2.75) is 26.4 Å². The van der Waals surface area contributed by atoms with Crippen molar-refractivity contribution in [3.8, 4) is 0 Å². The summed E-state index contributed by atoms with van der Waals surface area (Å²) in [6, 6.07) is 0. The Balaban J connectivity index is 4.40. The summed E-state index contributed by atoms with van der Waals surface area (Å²) in [5, 5.41) is 0.491. The van der Waals surface area contributed by atoms with Crippen LogP contribution in [-0.2, 0) is 14.4 Å². The highest BCUT2D eigenvalue weighted by Gasteiger charge is 2.26. The Morgan fingerprint density at radius 1 is 1.36 bits per heavy atom. The van der Waals surface area contributed by atoms with E-state index in [2.05, 4.69) is 4.84 Å². The smallest absolute Gasteiger partial charge is 0.442 e. The summed E-state index contributed by atoms with van der Waals surface area (Å²) >= 11 is 0. The Hall–Kier alpha value is -1.14. The van der Waals surface area contributed by atoms with E-state index in [9.17, 15) is 9.59 Å². The number of nitrogens with zero attached hydrogens (tertiary/aromatic N) is 1. The van der Waals surface area contributed by atoms with Crippen LogP contribution in [0.4, 0.5) is 4.79 Å². The topological polar surface area (TPSA) is 81.9 Å². The molecule has 0 aromatic heterocycles. The van der Waals surface area contributed by atoms with Crippen molar-refractivity contribution in [3.05, 3.63) is 0 Å². The van der Waals surface area contributed by atoms with Crippen LogP contribution in [0.5, 0.6) is 0 Å². The number of rotatable bonds is 2. The van der Waals surface area contributed by atoms with E-state index < -0.39 is 17.6 Å². The zero-order valence-corrected chi connectivity index (χ0v) is 8.86. The highest BCUT2D eigenvalue weighted by Crippen LogP contribution is 2.09. The van der Waals surface area contributed by atoms with Crippen LogP contribution >= 0.6 is 0 Å². The predicted molar refractivity (Wildman–Crippen MR) is 49.1 cm³/mol. The molecule has 6 nitrogen and oxygen atoms in total. The minimum atomic E-state index is -0.865. The van der Waals surface area contributed by atoms with E-state index >= 15 is 0 Å². The van der Waals surface area contributed by atoms with Gasteiger partial charge in [0.1, 0.15) is 5.60 Å². The van der Waals surface area contributed by atoms with Gasteiger partial charge in [0.2, 0.25) is 0 Å². The van der Waals surface area contributed by atoms with E-state index in [-0.39, 0.29) is 6.54 Å². The molecule has 0 heterocycles. The summed E-state index contributed by atoms with van der Waals surface area (Å²) in [5.41, 5.74) is 4.39. The molecule has 0 aliphatic heterocycles. The van der Waals surface area contributed by atoms with E-state index in [0.29, 0.717) is 5.06 Å². The second kappa shape index (κ2) is 4.92. The van der Waals surface area contributed by atoms with Crippen LogP contribution in [0, 0.1) is 0 Å². The summed E-state index contributed by atoms with van der Waals surface area (Å²) in [4.78, 5) is 26.9. The predicted octanol–water partition coefficient (Wildman–Crippen LogP) is 0.270. The van der Waals surface area contributed by atoms with E-state index in [1.807, 2.05) is 0 Å². The first-order chi connectivity index (χ1) is 6.31. The molecule has 0 aromatic rings. The standard InChI is InChI=1S/C8H16N2O4/c1-8(2,3)14-7(12)10(13-4)6(11)5-9/h5,9H2,1-4H3. The van der Waals surface area contributed by atoms with Gasteiger partial charge in [-0.1, -0.05) is 0 Å². The van der Waals surface area contributed by atoms with Gasteiger partial charge in [0, 0.05) is 0 Å². The van der Waals surface area contributed by atoms with Crippen LogP contribution in [0.3, 0.4) is 0 Å². The first kappa shape index (κ1) is 12.9. The molecule has 0 aromatic carbocycles. The second-order valence-corrected chi connectivity index (χ2v) is 3.56. The van der Waals surface area contributed by atoms with Crippen LogP contribution in [0.1, 0.15) is 20.8 Å². The molecule has 0 rings (SSSR count). The van der Waals surface area contributed by atoms with Crippen LogP contribution in [0.25, 0.3) is 0 Å². The van der Waals surface area contributed by atoms with E-state index in [4.69, 9.17) is 10.5 Å². The van der Waals surface area contributed by atoms with Gasteiger partial charge >= 0.3 is 6.09 Å². The van der Waals surface area contributed by atoms with Crippen molar-refractivity contribution >= 4 is 12.0 Å². The maximum atomic E-state index is 11.3. The lowest BCUT2D eigenvalue weighted by Gasteiger charge is -2.23. The highest BCUT2D eigenvalue weighted by molar-refractivity contribution is 5.91. The fraction of sp³-hybridized carbons (Fsp3) is 0.750. The normalized spacial score (nSPS) is 10.9. The first-order valence-corrected chi connectivity index (χ1v) is 4.12. The summed E-state index contributed by atoms with van der Waals surface area (Å²) < 4.78 is 4.90. The van der Waals surface area contributed by atoms with Crippen LogP contribution in [0.15, 0.2) is 0 Å². The van der Waals surface area contributed by atoms with Gasteiger partial charge in [-0.15, -0.1) is 5.06 Å². The Kier molecular flexibility index (Phi) is 4.52. The molecular weight excluding hydrogens is 188 g/mol. The number of hydrogen-bond acceptors (Lipinski definition) is 5. The number of imide groups is 1. The molecule has 2 amide bonds. The highest BCUT2D eigenvalue weighted by atomic mass is 16.7. The SMILES string of the molecule is CON(C(=O)CN)C(=O)OC(C)(C)C. The van der Waals surface area contributed by atoms with Crippen LogP contribution < -0.4 is 5.73 Å². The van der Waals surface area contributed by atoms with Crippen LogP contribution in [-0.4, -0.2) is 36.3 Å². The molecule has 0 bridgehead atoms. The summed E-state index contributed by atoms with van der Waals surface area (Å²) in [6.07, 6.45) is -0.865. The molecule has 0 unspecified atom stereocenters. The zero-order chi connectivity index (χ0) is 11.4. The quantitative estimate of drug-likeness (QED) is 0.653. The van der Waals surface area contributed by atoms with Crippen molar-refractivity contribution in [3.63, 3.8) is 0 Å². The largest absolute Gasteiger partial charge is 0.442 e. The molecule has 0 atom stereocenters. The van der Waals surface area contributed by atoms with E-state index in [1.165, 1.54) is 7.11 Å². The molecular formula is C8H16N2O4. The van der Waals surface area contributed by atoms with Crippen molar-refractivity contribution in [1.82, 2.24) is 5.06 Å².